The largest absolute Gasteiger partial charge is 0.756 e. The molecule has 0 saturated heterocycles. The average molecular weight is 858 g/mol. The number of quaternary nitrogens is 1. The molecule has 0 bridgehead atoms. The second kappa shape index (κ2) is 41.3. The van der Waals surface area contributed by atoms with Gasteiger partial charge in [0.2, 0.25) is 0 Å². The van der Waals surface area contributed by atoms with E-state index in [4.69, 9.17) is 18.5 Å². The third kappa shape index (κ3) is 44.5. The van der Waals surface area contributed by atoms with Gasteiger partial charge in [-0.15, -0.1) is 0 Å². The van der Waals surface area contributed by atoms with E-state index in [0.717, 1.165) is 96.3 Å². The topological polar surface area (TPSA) is 111 Å². The Kier molecular flexibility index (Phi) is 39.2. The number of unbranched alkanes of at least 4 members (excludes halogenated alkanes) is 12. The lowest BCUT2D eigenvalue weighted by atomic mass is 10.1. The molecular weight excluding hydrogens is 774 g/mol. The van der Waals surface area contributed by atoms with E-state index in [1.807, 2.05) is 39.4 Å². The van der Waals surface area contributed by atoms with Gasteiger partial charge in [-0.3, -0.25) is 14.2 Å². The van der Waals surface area contributed by atoms with Crippen molar-refractivity contribution in [2.24, 2.45) is 0 Å². The number of likely N-dealkylation sites (N-methyl/N-ethyl adjacent to an activating group) is 1. The summed E-state index contributed by atoms with van der Waals surface area (Å²) in [6, 6.07) is 0. The third-order valence-corrected chi connectivity index (χ3v) is 10.1. The minimum Gasteiger partial charge on any atom is -0.756 e. The van der Waals surface area contributed by atoms with Gasteiger partial charge in [-0.2, -0.15) is 0 Å². The van der Waals surface area contributed by atoms with Crippen LogP contribution in [0.5, 0.6) is 0 Å². The molecule has 2 atom stereocenters. The van der Waals surface area contributed by atoms with E-state index >= 15 is 0 Å². The molecule has 0 aromatic heterocycles. The van der Waals surface area contributed by atoms with Crippen LogP contribution >= 0.6 is 7.82 Å². The third-order valence-electron chi connectivity index (χ3n) is 9.16. The minimum absolute atomic E-state index is 0.0429. The molecule has 0 amide bonds. The van der Waals surface area contributed by atoms with Crippen LogP contribution in [0.25, 0.3) is 0 Å². The maximum absolute atomic E-state index is 12.7. The first kappa shape index (κ1) is 56.9. The number of hydrogen-bond donors (Lipinski definition) is 0. The molecule has 0 radical (unpaired) electrons. The number of nitrogens with zero attached hydrogens (tertiary/aromatic N) is 1. The highest BCUT2D eigenvalue weighted by Crippen LogP contribution is 2.38. The zero-order valence-corrected chi connectivity index (χ0v) is 39.3. The van der Waals surface area contributed by atoms with Crippen LogP contribution in [0, 0.1) is 0 Å². The highest BCUT2D eigenvalue weighted by Gasteiger charge is 2.21. The van der Waals surface area contributed by atoms with Crippen LogP contribution in [0.4, 0.5) is 0 Å². The Hall–Kier alpha value is -3.07. The number of carbonyl (C=O) groups is 2. The highest BCUT2D eigenvalue weighted by molar-refractivity contribution is 7.45. The second-order valence-electron chi connectivity index (χ2n) is 16.1. The van der Waals surface area contributed by atoms with Crippen LogP contribution in [0.3, 0.4) is 0 Å². The van der Waals surface area contributed by atoms with Crippen LogP contribution in [0.2, 0.25) is 0 Å². The van der Waals surface area contributed by atoms with E-state index in [1.54, 1.807) is 0 Å². The molecule has 0 aliphatic rings. The van der Waals surface area contributed by atoms with Crippen molar-refractivity contribution in [2.45, 2.75) is 161 Å². The quantitative estimate of drug-likeness (QED) is 0.0150. The summed E-state index contributed by atoms with van der Waals surface area (Å²) in [4.78, 5) is 37.6. The van der Waals surface area contributed by atoms with Crippen LogP contribution in [0.1, 0.15) is 155 Å². The van der Waals surface area contributed by atoms with Crippen molar-refractivity contribution < 1.29 is 42.1 Å². The molecule has 10 heteroatoms. The zero-order valence-electron chi connectivity index (χ0n) is 38.4. The molecule has 342 valence electrons. The van der Waals surface area contributed by atoms with Crippen LogP contribution in [-0.4, -0.2) is 70.0 Å². The molecule has 2 unspecified atom stereocenters. The second-order valence-corrected chi connectivity index (χ2v) is 17.5. The summed E-state index contributed by atoms with van der Waals surface area (Å²) in [6.07, 6.45) is 54.4. The van der Waals surface area contributed by atoms with Gasteiger partial charge in [0.25, 0.3) is 7.82 Å². The number of rotatable bonds is 40. The van der Waals surface area contributed by atoms with Crippen molar-refractivity contribution in [3.05, 3.63) is 97.2 Å². The first-order valence-electron chi connectivity index (χ1n) is 23.0. The highest BCUT2D eigenvalue weighted by atomic mass is 31.2. The Balaban J connectivity index is 4.33. The van der Waals surface area contributed by atoms with Crippen LogP contribution in [0.15, 0.2) is 97.2 Å². The summed E-state index contributed by atoms with van der Waals surface area (Å²) in [5, 5.41) is 0. The Labute approximate surface area is 366 Å². The fourth-order valence-electron chi connectivity index (χ4n) is 5.62. The van der Waals surface area contributed by atoms with Gasteiger partial charge in [-0.25, -0.2) is 0 Å². The molecule has 0 spiro atoms. The Morgan fingerprint density at radius 2 is 0.983 bits per heavy atom. The number of allylic oxidation sites excluding steroid dienone is 16. The van der Waals surface area contributed by atoms with Gasteiger partial charge in [-0.1, -0.05) is 162 Å². The Morgan fingerprint density at radius 1 is 0.533 bits per heavy atom. The van der Waals surface area contributed by atoms with Crippen molar-refractivity contribution >= 4 is 19.8 Å². The van der Waals surface area contributed by atoms with Crippen LogP contribution in [-0.2, 0) is 32.7 Å². The number of esters is 2. The fourth-order valence-corrected chi connectivity index (χ4v) is 6.35. The SMILES string of the molecule is CC/C=C/C=C/C=C/CCCCCCCC(=O)OC(COC(=O)CCCCCCCCC/C=C/C/C=C/C/C=C/C/C=C/C/C=C/CC)COP(=O)([O-])OCC[N+](C)(C)C. The average Bonchev–Trinajstić information content (AvgIpc) is 3.20. The molecule has 0 fully saturated rings. The number of hydrogen-bond acceptors (Lipinski definition) is 8. The van der Waals surface area contributed by atoms with Crippen LogP contribution < -0.4 is 4.89 Å². The smallest absolute Gasteiger partial charge is 0.306 e. The van der Waals surface area contributed by atoms with Gasteiger partial charge in [0.15, 0.2) is 6.10 Å². The van der Waals surface area contributed by atoms with Crippen molar-refractivity contribution in [2.75, 3.05) is 47.5 Å². The van der Waals surface area contributed by atoms with Gasteiger partial charge < -0.3 is 27.9 Å². The monoisotopic (exact) mass is 858 g/mol. The summed E-state index contributed by atoms with van der Waals surface area (Å²) >= 11 is 0. The summed E-state index contributed by atoms with van der Waals surface area (Å²) in [7, 11) is 1.12. The molecular formula is C50H84NO8P. The molecule has 0 N–H and O–H groups in total. The number of ether oxygens (including phenoxy) is 2. The van der Waals surface area contributed by atoms with Crippen molar-refractivity contribution in [3.63, 3.8) is 0 Å². The minimum atomic E-state index is -4.64. The predicted molar refractivity (Wildman–Crippen MR) is 249 cm³/mol. The Bertz CT molecular complexity index is 1340. The normalized spacial score (nSPS) is 14.4. The summed E-state index contributed by atoms with van der Waals surface area (Å²) in [6.45, 7) is 3.91. The molecule has 0 saturated carbocycles. The van der Waals surface area contributed by atoms with E-state index in [0.29, 0.717) is 23.9 Å². The predicted octanol–water partition coefficient (Wildman–Crippen LogP) is 12.7. The molecule has 0 aliphatic carbocycles. The molecule has 9 nitrogen and oxygen atoms in total. The van der Waals surface area contributed by atoms with Crippen molar-refractivity contribution in [1.29, 1.82) is 0 Å². The summed E-state index contributed by atoms with van der Waals surface area (Å²) in [5.41, 5.74) is 0. The number of carbonyl (C=O) groups excluding carboxylic acids is 2. The first-order chi connectivity index (χ1) is 29.0. The molecule has 0 aromatic rings. The first-order valence-corrected chi connectivity index (χ1v) is 24.4. The van der Waals surface area contributed by atoms with E-state index in [9.17, 15) is 19.0 Å². The molecule has 60 heavy (non-hydrogen) atoms. The number of phosphoric ester groups is 1. The lowest BCUT2D eigenvalue weighted by Crippen LogP contribution is -2.37. The molecule has 0 aliphatic heterocycles. The summed E-state index contributed by atoms with van der Waals surface area (Å²) in [5.74, 6) is -0.882. The maximum Gasteiger partial charge on any atom is 0.306 e. The van der Waals surface area contributed by atoms with Gasteiger partial charge in [0.05, 0.1) is 27.7 Å². The maximum atomic E-state index is 12.7. The van der Waals surface area contributed by atoms with Gasteiger partial charge in [0, 0.05) is 12.8 Å². The molecule has 0 rings (SSSR count). The van der Waals surface area contributed by atoms with E-state index < -0.39 is 32.5 Å². The number of phosphoric acid groups is 1. The van der Waals surface area contributed by atoms with Gasteiger partial charge in [-0.05, 0) is 77.0 Å². The molecule has 0 aromatic carbocycles. The van der Waals surface area contributed by atoms with Crippen molar-refractivity contribution in [1.82, 2.24) is 0 Å². The van der Waals surface area contributed by atoms with Gasteiger partial charge >= 0.3 is 11.9 Å². The Morgan fingerprint density at radius 3 is 1.52 bits per heavy atom. The van der Waals surface area contributed by atoms with E-state index in [2.05, 4.69) is 92.8 Å². The zero-order chi connectivity index (χ0) is 44.3. The van der Waals surface area contributed by atoms with E-state index in [1.165, 1.54) is 19.3 Å². The lowest BCUT2D eigenvalue weighted by molar-refractivity contribution is -0.870. The fraction of sp³-hybridized carbons (Fsp3) is 0.640. The standard InChI is InChI=1S/C50H84NO8P/c1-6-8-10-12-14-16-18-20-21-22-23-24-25-26-27-28-29-31-32-34-36-38-40-42-49(52)56-46-48(47-58-60(54,55)57-45-44-51(3,4)5)59-50(53)43-41-39-37-35-33-30-19-17-15-13-11-9-7-2/h8-11,13-17,19-21,23-24,26-27,48H,6-7,12,18,22,25,28-47H2,1-5H3/b10-8+,11-9+,15-13+,16-14+,19-17+,21-20+,24-23+,27-26+. The summed E-state index contributed by atoms with van der Waals surface area (Å²) < 4.78 is 33.9. The van der Waals surface area contributed by atoms with Crippen molar-refractivity contribution in [3.8, 4) is 0 Å². The lowest BCUT2D eigenvalue weighted by Gasteiger charge is -2.28. The molecule has 0 heterocycles. The van der Waals surface area contributed by atoms with E-state index in [-0.39, 0.29) is 26.1 Å². The van der Waals surface area contributed by atoms with Gasteiger partial charge in [0.1, 0.15) is 19.8 Å².